The van der Waals surface area contributed by atoms with Crippen molar-refractivity contribution >= 4 is 5.91 Å². The number of hydrogen-bond acceptors (Lipinski definition) is 5. The first kappa shape index (κ1) is 27.7. The van der Waals surface area contributed by atoms with Crippen molar-refractivity contribution in [3.8, 4) is 5.75 Å². The number of piperazine rings is 1. The van der Waals surface area contributed by atoms with Crippen LogP contribution in [0.5, 0.6) is 5.75 Å². The average Bonchev–Trinajstić information content (AvgIpc) is 3.28. The number of amides is 1. The second kappa shape index (κ2) is 11.8. The Bertz CT molecular complexity index is 1180. The third kappa shape index (κ3) is 5.68. The van der Waals surface area contributed by atoms with E-state index in [1.54, 1.807) is 0 Å². The standard InChI is InChI=1S/C34H47N3O3/c1-34-15-14-29-28-11-9-27(22-26(28)8-10-30(29)31(34)12-13-32(34)38)40-21-3-16-35-33(39)25-6-4-24(5-7-25)23-37-19-17-36(2)18-20-37/h4-7,9,11,22,29-32,38H,3,8,10,12-21,23H2,1-2H3,(H,35,39). The zero-order valence-corrected chi connectivity index (χ0v) is 24.4. The van der Waals surface area contributed by atoms with Crippen LogP contribution in [0.15, 0.2) is 42.5 Å². The molecule has 1 aliphatic heterocycles. The highest BCUT2D eigenvalue weighted by molar-refractivity contribution is 5.94. The van der Waals surface area contributed by atoms with Crippen molar-refractivity contribution in [3.05, 3.63) is 64.7 Å². The molecule has 40 heavy (non-hydrogen) atoms. The highest BCUT2D eigenvalue weighted by atomic mass is 16.5. The van der Waals surface area contributed by atoms with Gasteiger partial charge in [0.25, 0.3) is 5.91 Å². The summed E-state index contributed by atoms with van der Waals surface area (Å²) in [6.45, 7) is 8.90. The van der Waals surface area contributed by atoms with E-state index >= 15 is 0 Å². The molecule has 0 spiro atoms. The molecule has 216 valence electrons. The molecule has 3 fully saturated rings. The van der Waals surface area contributed by atoms with E-state index in [2.05, 4.69) is 59.4 Å². The van der Waals surface area contributed by atoms with Crippen molar-refractivity contribution in [3.63, 3.8) is 0 Å². The Labute approximate surface area is 240 Å². The van der Waals surface area contributed by atoms with Crippen molar-refractivity contribution in [1.82, 2.24) is 15.1 Å². The minimum absolute atomic E-state index is 0.0205. The van der Waals surface area contributed by atoms with Crippen LogP contribution in [0.25, 0.3) is 0 Å². The number of ether oxygens (including phenoxy) is 1. The van der Waals surface area contributed by atoms with Crippen LogP contribution in [0.2, 0.25) is 0 Å². The minimum atomic E-state index is -0.113. The van der Waals surface area contributed by atoms with Crippen LogP contribution in [0.1, 0.15) is 78.4 Å². The Hall–Kier alpha value is -2.41. The molecule has 0 aromatic heterocycles. The van der Waals surface area contributed by atoms with E-state index < -0.39 is 0 Å². The maximum Gasteiger partial charge on any atom is 0.251 e. The first-order valence-corrected chi connectivity index (χ1v) is 15.6. The van der Waals surface area contributed by atoms with E-state index in [1.165, 1.54) is 36.0 Å². The van der Waals surface area contributed by atoms with E-state index in [-0.39, 0.29) is 17.4 Å². The van der Waals surface area contributed by atoms with Gasteiger partial charge in [0.15, 0.2) is 0 Å². The summed E-state index contributed by atoms with van der Waals surface area (Å²) in [7, 11) is 2.17. The largest absolute Gasteiger partial charge is 0.494 e. The first-order chi connectivity index (χ1) is 19.4. The molecule has 0 radical (unpaired) electrons. The summed E-state index contributed by atoms with van der Waals surface area (Å²) in [5.41, 5.74) is 5.07. The second-order valence-corrected chi connectivity index (χ2v) is 13.1. The van der Waals surface area contributed by atoms with Crippen LogP contribution in [0.3, 0.4) is 0 Å². The maximum atomic E-state index is 12.6. The molecule has 5 atom stereocenters. The molecule has 2 aromatic rings. The van der Waals surface area contributed by atoms with Crippen molar-refractivity contribution in [2.75, 3.05) is 46.4 Å². The summed E-state index contributed by atoms with van der Waals surface area (Å²) in [6.07, 6.45) is 7.51. The predicted molar refractivity (Wildman–Crippen MR) is 159 cm³/mol. The zero-order valence-electron chi connectivity index (χ0n) is 24.4. The smallest absolute Gasteiger partial charge is 0.251 e. The van der Waals surface area contributed by atoms with E-state index in [1.807, 2.05) is 12.1 Å². The van der Waals surface area contributed by atoms with Gasteiger partial charge in [-0.1, -0.05) is 25.1 Å². The Kier molecular flexibility index (Phi) is 8.21. The number of likely N-dealkylation sites (N-methyl/N-ethyl adjacent to an activating group) is 1. The summed E-state index contributed by atoms with van der Waals surface area (Å²) in [5.74, 6) is 2.94. The lowest BCUT2D eigenvalue weighted by Gasteiger charge is -2.50. The van der Waals surface area contributed by atoms with Crippen molar-refractivity contribution in [2.45, 2.75) is 70.4 Å². The van der Waals surface area contributed by atoms with Crippen molar-refractivity contribution < 1.29 is 14.6 Å². The number of benzene rings is 2. The molecular weight excluding hydrogens is 498 g/mol. The molecule has 0 bridgehead atoms. The number of aliphatic hydroxyl groups excluding tert-OH is 1. The van der Waals surface area contributed by atoms with Crippen LogP contribution in [-0.2, 0) is 13.0 Å². The molecule has 2 N–H and O–H groups in total. The Balaban J connectivity index is 0.938. The molecule has 5 unspecified atom stereocenters. The first-order valence-electron chi connectivity index (χ1n) is 15.6. The third-order valence-corrected chi connectivity index (χ3v) is 10.7. The van der Waals surface area contributed by atoms with Gasteiger partial charge in [0.2, 0.25) is 0 Å². The van der Waals surface area contributed by atoms with Gasteiger partial charge in [-0.3, -0.25) is 9.69 Å². The van der Waals surface area contributed by atoms with E-state index in [0.29, 0.717) is 36.5 Å². The monoisotopic (exact) mass is 545 g/mol. The van der Waals surface area contributed by atoms with E-state index in [4.69, 9.17) is 4.74 Å². The lowest BCUT2D eigenvalue weighted by atomic mass is 9.55. The summed E-state index contributed by atoms with van der Waals surface area (Å²) in [6, 6.07) is 14.7. The van der Waals surface area contributed by atoms with E-state index in [0.717, 1.165) is 64.2 Å². The molecule has 1 amide bonds. The molecule has 6 nitrogen and oxygen atoms in total. The summed E-state index contributed by atoms with van der Waals surface area (Å²) in [4.78, 5) is 17.5. The Morgan fingerprint density at radius 1 is 1.05 bits per heavy atom. The van der Waals surface area contributed by atoms with Gasteiger partial charge < -0.3 is 20.1 Å². The van der Waals surface area contributed by atoms with Crippen LogP contribution < -0.4 is 10.1 Å². The normalized spacial score (nSPS) is 30.3. The lowest BCUT2D eigenvalue weighted by molar-refractivity contribution is -0.0226. The number of carbonyl (C=O) groups excluding carboxylic acids is 1. The molecule has 1 saturated heterocycles. The second-order valence-electron chi connectivity index (χ2n) is 13.1. The molecule has 6 heteroatoms. The topological polar surface area (TPSA) is 65.0 Å². The van der Waals surface area contributed by atoms with Gasteiger partial charge in [0.1, 0.15) is 5.75 Å². The number of rotatable bonds is 8. The highest BCUT2D eigenvalue weighted by Crippen LogP contribution is 2.60. The highest BCUT2D eigenvalue weighted by Gasteiger charge is 2.54. The lowest BCUT2D eigenvalue weighted by Crippen LogP contribution is -2.43. The number of fused-ring (bicyclic) bond motifs is 5. The number of hydrogen-bond donors (Lipinski definition) is 2. The quantitative estimate of drug-likeness (QED) is 0.465. The Morgan fingerprint density at radius 3 is 2.65 bits per heavy atom. The van der Waals surface area contributed by atoms with Gasteiger partial charge in [-0.25, -0.2) is 0 Å². The van der Waals surface area contributed by atoms with Gasteiger partial charge in [-0.05, 0) is 116 Å². The molecule has 1 heterocycles. The van der Waals surface area contributed by atoms with Crippen molar-refractivity contribution in [2.24, 2.45) is 17.3 Å². The molecule has 4 aliphatic rings. The number of nitrogens with one attached hydrogen (secondary N) is 1. The average molecular weight is 546 g/mol. The molecule has 6 rings (SSSR count). The number of carbonyl (C=O) groups is 1. The van der Waals surface area contributed by atoms with E-state index in [9.17, 15) is 9.90 Å². The fourth-order valence-corrected chi connectivity index (χ4v) is 8.21. The molecule has 2 saturated carbocycles. The van der Waals surface area contributed by atoms with Crippen LogP contribution in [0, 0.1) is 17.3 Å². The fourth-order valence-electron chi connectivity index (χ4n) is 8.21. The molecule has 2 aromatic carbocycles. The van der Waals surface area contributed by atoms with Crippen LogP contribution in [0.4, 0.5) is 0 Å². The summed E-state index contributed by atoms with van der Waals surface area (Å²) < 4.78 is 6.10. The number of nitrogens with zero attached hydrogens (tertiary/aromatic N) is 2. The van der Waals surface area contributed by atoms with Gasteiger partial charge in [0.05, 0.1) is 12.7 Å². The zero-order chi connectivity index (χ0) is 27.7. The molecule has 3 aliphatic carbocycles. The SMILES string of the molecule is CN1CCN(Cc2ccc(C(=O)NCCCOc3ccc4c(c3)CCC3C4CCC4(C)C(O)CCC34)cc2)CC1. The summed E-state index contributed by atoms with van der Waals surface area (Å²) in [5, 5.41) is 13.7. The molecular formula is C34H47N3O3. The summed E-state index contributed by atoms with van der Waals surface area (Å²) >= 11 is 0. The van der Waals surface area contributed by atoms with Gasteiger partial charge in [-0.2, -0.15) is 0 Å². The van der Waals surface area contributed by atoms with Crippen LogP contribution >= 0.6 is 0 Å². The number of aliphatic hydroxyl groups is 1. The third-order valence-electron chi connectivity index (χ3n) is 10.7. The van der Waals surface area contributed by atoms with Crippen molar-refractivity contribution in [1.29, 1.82) is 0 Å². The predicted octanol–water partition coefficient (Wildman–Crippen LogP) is 4.85. The van der Waals surface area contributed by atoms with Gasteiger partial charge in [0, 0.05) is 44.8 Å². The number of aryl methyl sites for hydroxylation is 1. The van der Waals surface area contributed by atoms with Crippen LogP contribution in [-0.4, -0.2) is 73.3 Å². The maximum absolute atomic E-state index is 12.6. The minimum Gasteiger partial charge on any atom is -0.494 e. The van der Waals surface area contributed by atoms with Gasteiger partial charge in [-0.15, -0.1) is 0 Å². The fraction of sp³-hybridized carbons (Fsp3) is 0.618. The van der Waals surface area contributed by atoms with Gasteiger partial charge >= 0.3 is 0 Å². The Morgan fingerprint density at radius 2 is 1.85 bits per heavy atom.